The molecular weight excluding hydrogens is 463 g/mol. The van der Waals surface area contributed by atoms with E-state index in [1.807, 2.05) is 13.8 Å². The number of nitrogens with zero attached hydrogens (tertiary/aromatic N) is 2. The normalized spacial score (nSPS) is 10.6. The second kappa shape index (κ2) is 11.9. The van der Waals surface area contributed by atoms with Crippen LogP contribution in [-0.4, -0.2) is 58.3 Å². The number of hydrogen-bond acceptors (Lipinski definition) is 6. The lowest BCUT2D eigenvalue weighted by molar-refractivity contribution is -0.137. The summed E-state index contributed by atoms with van der Waals surface area (Å²) in [5.74, 6) is -3.22. The Kier molecular flexibility index (Phi) is 9.31. The predicted octanol–water partition coefficient (Wildman–Crippen LogP) is 3.54. The van der Waals surface area contributed by atoms with Gasteiger partial charge in [0.2, 0.25) is 0 Å². The van der Waals surface area contributed by atoms with Crippen LogP contribution in [0.1, 0.15) is 34.0 Å². The second-order valence-electron chi connectivity index (χ2n) is 7.83. The van der Waals surface area contributed by atoms with Crippen LogP contribution in [0.4, 0.5) is 9.18 Å². The Morgan fingerprint density at radius 3 is 2.53 bits per heavy atom. The van der Waals surface area contributed by atoms with Crippen LogP contribution < -0.4 is 10.5 Å². The highest BCUT2D eigenvalue weighted by Gasteiger charge is 2.24. The number of carbonyl (C=O) groups excluding carboxylic acids is 2. The van der Waals surface area contributed by atoms with Crippen molar-refractivity contribution in [2.24, 2.45) is 11.7 Å². The predicted molar refractivity (Wildman–Crippen MR) is 127 cm³/mol. The van der Waals surface area contributed by atoms with E-state index in [1.165, 1.54) is 34.1 Å². The minimum Gasteiger partial charge on any atom is -0.480 e. The molecule has 2 amide bonds. The number of esters is 1. The van der Waals surface area contributed by atoms with Crippen molar-refractivity contribution >= 4 is 35.1 Å². The summed E-state index contributed by atoms with van der Waals surface area (Å²) in [4.78, 5) is 40.2. The van der Waals surface area contributed by atoms with Crippen molar-refractivity contribution in [2.75, 3.05) is 19.6 Å². The molecule has 0 radical (unpaired) electrons. The topological polar surface area (TPSA) is 137 Å². The van der Waals surface area contributed by atoms with Crippen molar-refractivity contribution in [3.8, 4) is 5.75 Å². The van der Waals surface area contributed by atoms with Crippen molar-refractivity contribution < 1.29 is 28.6 Å². The van der Waals surface area contributed by atoms with Gasteiger partial charge in [-0.15, -0.1) is 17.9 Å². The van der Waals surface area contributed by atoms with Gasteiger partial charge in [0, 0.05) is 23.5 Å². The van der Waals surface area contributed by atoms with Gasteiger partial charge in [0.1, 0.15) is 17.3 Å². The number of amidine groups is 1. The van der Waals surface area contributed by atoms with Crippen LogP contribution in [0, 0.1) is 17.1 Å². The SMILES string of the molecule is C=CCN(CC(=O)O)C(=O)N(Cc1ccc(C(=O)Oc2ccc(C(=N)N)cc2F)s1)CC(C)C. The van der Waals surface area contributed by atoms with Crippen LogP contribution in [0.5, 0.6) is 5.75 Å². The Labute approximate surface area is 200 Å². The highest BCUT2D eigenvalue weighted by atomic mass is 32.1. The van der Waals surface area contributed by atoms with Gasteiger partial charge in [0.25, 0.3) is 0 Å². The zero-order valence-corrected chi connectivity index (χ0v) is 19.7. The van der Waals surface area contributed by atoms with E-state index >= 15 is 0 Å². The van der Waals surface area contributed by atoms with Gasteiger partial charge < -0.3 is 25.4 Å². The van der Waals surface area contributed by atoms with E-state index in [1.54, 1.807) is 6.07 Å². The van der Waals surface area contributed by atoms with Gasteiger partial charge in [0.05, 0.1) is 6.54 Å². The summed E-state index contributed by atoms with van der Waals surface area (Å²) in [6, 6.07) is 6.31. The van der Waals surface area contributed by atoms with Crippen molar-refractivity contribution in [2.45, 2.75) is 20.4 Å². The molecule has 0 spiro atoms. The molecule has 0 saturated heterocycles. The van der Waals surface area contributed by atoms with Gasteiger partial charge >= 0.3 is 18.0 Å². The number of halogens is 1. The van der Waals surface area contributed by atoms with Gasteiger partial charge in [0.15, 0.2) is 11.6 Å². The first kappa shape index (κ1) is 26.5. The molecule has 0 aliphatic carbocycles. The lowest BCUT2D eigenvalue weighted by atomic mass is 10.2. The third kappa shape index (κ3) is 7.41. The van der Waals surface area contributed by atoms with E-state index in [0.717, 1.165) is 17.4 Å². The van der Waals surface area contributed by atoms with E-state index in [9.17, 15) is 18.8 Å². The van der Waals surface area contributed by atoms with Gasteiger partial charge in [-0.1, -0.05) is 19.9 Å². The second-order valence-corrected chi connectivity index (χ2v) is 9.00. The summed E-state index contributed by atoms with van der Waals surface area (Å²) in [5.41, 5.74) is 5.49. The fraction of sp³-hybridized carbons (Fsp3) is 0.304. The van der Waals surface area contributed by atoms with Gasteiger partial charge in [-0.3, -0.25) is 10.2 Å². The molecule has 0 aliphatic heterocycles. The molecule has 0 fully saturated rings. The highest BCUT2D eigenvalue weighted by molar-refractivity contribution is 7.13. The van der Waals surface area contributed by atoms with E-state index in [2.05, 4.69) is 6.58 Å². The molecular formula is C23H27FN4O5S. The Morgan fingerprint density at radius 1 is 1.26 bits per heavy atom. The number of rotatable bonds is 11. The minimum atomic E-state index is -1.13. The lowest BCUT2D eigenvalue weighted by Gasteiger charge is -2.30. The number of urea groups is 1. The Balaban J connectivity index is 2.16. The van der Waals surface area contributed by atoms with Crippen molar-refractivity contribution in [3.05, 3.63) is 64.1 Å². The minimum absolute atomic E-state index is 0.0791. The number of carboxylic acids is 1. The Bertz CT molecular complexity index is 1090. The highest BCUT2D eigenvalue weighted by Crippen LogP contribution is 2.24. The third-order valence-corrected chi connectivity index (χ3v) is 5.51. The third-order valence-electron chi connectivity index (χ3n) is 4.46. The van der Waals surface area contributed by atoms with Gasteiger partial charge in [-0.2, -0.15) is 0 Å². The Morgan fingerprint density at radius 2 is 1.97 bits per heavy atom. The fourth-order valence-electron chi connectivity index (χ4n) is 3.04. The maximum Gasteiger partial charge on any atom is 0.353 e. The summed E-state index contributed by atoms with van der Waals surface area (Å²) in [5, 5.41) is 16.5. The summed E-state index contributed by atoms with van der Waals surface area (Å²) in [7, 11) is 0. The van der Waals surface area contributed by atoms with Crippen LogP contribution in [0.3, 0.4) is 0 Å². The number of amides is 2. The van der Waals surface area contributed by atoms with Gasteiger partial charge in [-0.25, -0.2) is 14.0 Å². The molecule has 4 N–H and O–H groups in total. The molecule has 9 nitrogen and oxygen atoms in total. The molecule has 2 rings (SSSR count). The standard InChI is InChI=1S/C23H27FN4O5S/c1-4-9-27(13-20(29)30)23(32)28(11-14(2)3)12-16-6-8-19(34-16)22(31)33-18-7-5-15(21(25)26)10-17(18)24/h4-8,10,14H,1,9,11-13H2,2-3H3,(H3,25,26)(H,29,30). The maximum absolute atomic E-state index is 14.2. The van der Waals surface area contributed by atoms with E-state index in [4.69, 9.17) is 21.0 Å². The number of ether oxygens (including phenoxy) is 1. The first-order valence-corrected chi connectivity index (χ1v) is 11.1. The molecule has 1 aromatic heterocycles. The number of nitrogens with two attached hydrogens (primary N) is 1. The van der Waals surface area contributed by atoms with Crippen molar-refractivity contribution in [1.82, 2.24) is 9.80 Å². The van der Waals surface area contributed by atoms with E-state index in [-0.39, 0.29) is 41.0 Å². The molecule has 34 heavy (non-hydrogen) atoms. The summed E-state index contributed by atoms with van der Waals surface area (Å²) in [6.45, 7) is 7.58. The maximum atomic E-state index is 14.2. The average molecular weight is 491 g/mol. The summed E-state index contributed by atoms with van der Waals surface area (Å²) in [6.07, 6.45) is 1.45. The van der Waals surface area contributed by atoms with Crippen LogP contribution in [-0.2, 0) is 11.3 Å². The van der Waals surface area contributed by atoms with Crippen LogP contribution >= 0.6 is 11.3 Å². The van der Waals surface area contributed by atoms with Crippen LogP contribution in [0.2, 0.25) is 0 Å². The summed E-state index contributed by atoms with van der Waals surface area (Å²) >= 11 is 1.09. The van der Waals surface area contributed by atoms with Crippen LogP contribution in [0.15, 0.2) is 43.0 Å². The number of nitrogens with one attached hydrogen (secondary N) is 1. The van der Waals surface area contributed by atoms with E-state index < -0.39 is 30.3 Å². The fourth-order valence-corrected chi connectivity index (χ4v) is 3.94. The molecule has 11 heteroatoms. The number of hydrogen-bond donors (Lipinski definition) is 3. The number of nitrogen functional groups attached to an aromatic ring is 1. The smallest absolute Gasteiger partial charge is 0.353 e. The molecule has 0 unspecified atom stereocenters. The monoisotopic (exact) mass is 490 g/mol. The molecule has 0 bridgehead atoms. The quantitative estimate of drug-likeness (QED) is 0.145. The Hall–Kier alpha value is -3.73. The van der Waals surface area contributed by atoms with E-state index in [0.29, 0.717) is 11.4 Å². The number of benzene rings is 1. The molecule has 2 aromatic rings. The summed E-state index contributed by atoms with van der Waals surface area (Å²) < 4.78 is 19.3. The molecule has 0 atom stereocenters. The number of carbonyl (C=O) groups is 3. The molecule has 0 aliphatic rings. The van der Waals surface area contributed by atoms with Gasteiger partial charge in [-0.05, 0) is 36.2 Å². The van der Waals surface area contributed by atoms with Crippen LogP contribution in [0.25, 0.3) is 0 Å². The first-order chi connectivity index (χ1) is 16.0. The molecule has 1 aromatic carbocycles. The zero-order valence-electron chi connectivity index (χ0n) is 18.9. The van der Waals surface area contributed by atoms with Crippen molar-refractivity contribution in [3.63, 3.8) is 0 Å². The van der Waals surface area contributed by atoms with Crippen molar-refractivity contribution in [1.29, 1.82) is 5.41 Å². The first-order valence-electron chi connectivity index (χ1n) is 10.3. The number of thiophene rings is 1. The number of carboxylic acid groups (broad SMARTS) is 1. The largest absolute Gasteiger partial charge is 0.480 e. The molecule has 182 valence electrons. The average Bonchev–Trinajstić information content (AvgIpc) is 3.22. The molecule has 0 saturated carbocycles. The molecule has 1 heterocycles. The lowest BCUT2D eigenvalue weighted by Crippen LogP contribution is -2.46. The zero-order chi connectivity index (χ0) is 25.4. The number of aliphatic carboxylic acids is 1.